The lowest BCUT2D eigenvalue weighted by Crippen LogP contribution is -2.30. The lowest BCUT2D eigenvalue weighted by atomic mass is 10.1. The summed E-state index contributed by atoms with van der Waals surface area (Å²) in [5.74, 6) is -0.737. The first-order valence-electron chi connectivity index (χ1n) is 9.62. The highest BCUT2D eigenvalue weighted by molar-refractivity contribution is 6.11. The first kappa shape index (κ1) is 19.2. The molecule has 0 fully saturated rings. The molecule has 3 aromatic carbocycles. The summed E-state index contributed by atoms with van der Waals surface area (Å²) in [4.78, 5) is 28.9. The molecule has 5 nitrogen and oxygen atoms in total. The monoisotopic (exact) mass is 395 g/mol. The maximum Gasteiger partial charge on any atom is 0.272 e. The highest BCUT2D eigenvalue weighted by atomic mass is 16.2. The third-order valence-electron chi connectivity index (χ3n) is 4.83. The number of carbonyl (C=O) groups is 2. The van der Waals surface area contributed by atoms with E-state index in [9.17, 15) is 9.59 Å². The lowest BCUT2D eigenvalue weighted by molar-refractivity contribution is -0.113. The van der Waals surface area contributed by atoms with Crippen LogP contribution in [0.4, 0.5) is 5.69 Å². The fourth-order valence-corrected chi connectivity index (χ4v) is 3.17. The van der Waals surface area contributed by atoms with E-state index >= 15 is 0 Å². The Morgan fingerprint density at radius 3 is 2.47 bits per heavy atom. The predicted molar refractivity (Wildman–Crippen MR) is 120 cm³/mol. The van der Waals surface area contributed by atoms with Crippen molar-refractivity contribution < 1.29 is 9.59 Å². The summed E-state index contributed by atoms with van der Waals surface area (Å²) in [6.07, 6.45) is 3.54. The number of hydrogen-bond acceptors (Lipinski definition) is 2. The van der Waals surface area contributed by atoms with Crippen molar-refractivity contribution in [1.82, 2.24) is 10.3 Å². The van der Waals surface area contributed by atoms with Gasteiger partial charge in [0.1, 0.15) is 5.70 Å². The summed E-state index contributed by atoms with van der Waals surface area (Å²) >= 11 is 0. The van der Waals surface area contributed by atoms with Crippen molar-refractivity contribution in [2.24, 2.45) is 0 Å². The van der Waals surface area contributed by atoms with E-state index in [0.717, 1.165) is 22.0 Å². The van der Waals surface area contributed by atoms with E-state index in [-0.39, 0.29) is 11.6 Å². The zero-order valence-electron chi connectivity index (χ0n) is 16.5. The third-order valence-corrected chi connectivity index (χ3v) is 4.83. The van der Waals surface area contributed by atoms with Gasteiger partial charge < -0.3 is 15.6 Å². The second-order valence-electron chi connectivity index (χ2n) is 6.97. The molecule has 0 saturated heterocycles. The highest BCUT2D eigenvalue weighted by Crippen LogP contribution is 2.19. The van der Waals surface area contributed by atoms with E-state index in [1.54, 1.807) is 30.3 Å². The molecule has 0 aliphatic carbocycles. The molecule has 30 heavy (non-hydrogen) atoms. The predicted octanol–water partition coefficient (Wildman–Crippen LogP) is 4.89. The van der Waals surface area contributed by atoms with Crippen molar-refractivity contribution in [2.45, 2.75) is 6.92 Å². The molecule has 1 aromatic heterocycles. The molecule has 0 unspecified atom stereocenters. The van der Waals surface area contributed by atoms with Crippen molar-refractivity contribution in [3.05, 3.63) is 107 Å². The van der Waals surface area contributed by atoms with Crippen LogP contribution in [0.3, 0.4) is 0 Å². The molecule has 0 aliphatic rings. The number of carbonyl (C=O) groups excluding carboxylic acids is 2. The number of hydrogen-bond donors (Lipinski definition) is 3. The zero-order valence-corrected chi connectivity index (χ0v) is 16.5. The molecule has 0 atom stereocenters. The first-order chi connectivity index (χ1) is 14.6. The van der Waals surface area contributed by atoms with E-state index in [0.29, 0.717) is 11.3 Å². The van der Waals surface area contributed by atoms with Gasteiger partial charge in [0, 0.05) is 23.0 Å². The smallest absolute Gasteiger partial charge is 0.272 e. The van der Waals surface area contributed by atoms with Gasteiger partial charge >= 0.3 is 0 Å². The van der Waals surface area contributed by atoms with Gasteiger partial charge in [-0.1, -0.05) is 48.5 Å². The van der Waals surface area contributed by atoms with E-state index < -0.39 is 5.91 Å². The number of amides is 2. The summed E-state index contributed by atoms with van der Waals surface area (Å²) in [5.41, 5.74) is 4.07. The molecule has 3 N–H and O–H groups in total. The second kappa shape index (κ2) is 8.49. The van der Waals surface area contributed by atoms with Crippen LogP contribution < -0.4 is 10.6 Å². The molecule has 4 aromatic rings. The first-order valence-corrected chi connectivity index (χ1v) is 9.62. The number of benzene rings is 3. The largest absolute Gasteiger partial charge is 0.361 e. The number of aromatic amines is 1. The Balaban J connectivity index is 1.64. The Labute approximate surface area is 174 Å². The minimum Gasteiger partial charge on any atom is -0.361 e. The maximum atomic E-state index is 13.1. The number of aromatic nitrogens is 1. The normalized spacial score (nSPS) is 11.3. The van der Waals surface area contributed by atoms with Crippen LogP contribution >= 0.6 is 0 Å². The van der Waals surface area contributed by atoms with Crippen LogP contribution in [0.15, 0.2) is 90.8 Å². The number of aryl methyl sites for hydroxylation is 1. The summed E-state index contributed by atoms with van der Waals surface area (Å²) < 4.78 is 0. The molecule has 2 amide bonds. The van der Waals surface area contributed by atoms with Crippen LogP contribution in [0.2, 0.25) is 0 Å². The molecule has 0 spiro atoms. The lowest BCUT2D eigenvalue weighted by Gasteiger charge is -2.12. The van der Waals surface area contributed by atoms with Gasteiger partial charge in [-0.05, 0) is 59.8 Å². The number of nitrogens with one attached hydrogen (secondary N) is 3. The molecule has 0 saturated carbocycles. The second-order valence-corrected chi connectivity index (χ2v) is 6.97. The van der Waals surface area contributed by atoms with E-state index in [4.69, 9.17) is 0 Å². The van der Waals surface area contributed by atoms with E-state index in [1.807, 2.05) is 67.7 Å². The Bertz CT molecular complexity index is 1240. The van der Waals surface area contributed by atoms with Gasteiger partial charge in [-0.15, -0.1) is 0 Å². The minimum absolute atomic E-state index is 0.171. The van der Waals surface area contributed by atoms with Crippen LogP contribution in [-0.4, -0.2) is 16.8 Å². The SMILES string of the molecule is Cc1ccccc1/C=C(/NC(=O)c1ccccc1)C(=O)Nc1ccc2cc[nH]c2c1. The van der Waals surface area contributed by atoms with E-state index in [2.05, 4.69) is 15.6 Å². The van der Waals surface area contributed by atoms with Gasteiger partial charge in [0.05, 0.1) is 0 Å². The highest BCUT2D eigenvalue weighted by Gasteiger charge is 2.15. The summed E-state index contributed by atoms with van der Waals surface area (Å²) in [7, 11) is 0. The number of H-pyrrole nitrogens is 1. The molecular weight excluding hydrogens is 374 g/mol. The minimum atomic E-state index is -0.395. The number of fused-ring (bicyclic) bond motifs is 1. The van der Waals surface area contributed by atoms with Crippen LogP contribution in [0.25, 0.3) is 17.0 Å². The Morgan fingerprint density at radius 1 is 0.900 bits per heavy atom. The maximum absolute atomic E-state index is 13.1. The van der Waals surface area contributed by atoms with Crippen molar-refractivity contribution in [2.75, 3.05) is 5.32 Å². The topological polar surface area (TPSA) is 74.0 Å². The van der Waals surface area contributed by atoms with Crippen molar-refractivity contribution in [3.63, 3.8) is 0 Å². The number of rotatable bonds is 5. The zero-order chi connectivity index (χ0) is 20.9. The summed E-state index contributed by atoms with van der Waals surface area (Å²) in [6.45, 7) is 1.96. The van der Waals surface area contributed by atoms with Crippen molar-refractivity contribution >= 4 is 34.5 Å². The van der Waals surface area contributed by atoms with Gasteiger partial charge in [0.25, 0.3) is 11.8 Å². The Hall–Kier alpha value is -4.12. The average Bonchev–Trinajstić information content (AvgIpc) is 3.23. The number of anilines is 1. The molecule has 1 heterocycles. The molecular formula is C25H21N3O2. The summed E-state index contributed by atoms with van der Waals surface area (Å²) in [5, 5.41) is 6.70. The van der Waals surface area contributed by atoms with Crippen molar-refractivity contribution in [1.29, 1.82) is 0 Å². The van der Waals surface area contributed by atoms with Crippen LogP contribution in [0, 0.1) is 6.92 Å². The molecule has 0 aliphatic heterocycles. The Kier molecular flexibility index (Phi) is 5.44. The fourth-order valence-electron chi connectivity index (χ4n) is 3.17. The fraction of sp³-hybridized carbons (Fsp3) is 0.0400. The molecule has 0 bridgehead atoms. The standard InChI is InChI=1S/C25H21N3O2/c1-17-7-5-6-10-20(17)15-23(28-24(29)19-8-3-2-4-9-19)25(30)27-21-12-11-18-13-14-26-22(18)16-21/h2-16,26H,1H3,(H,27,30)(H,28,29)/b23-15+. The van der Waals surface area contributed by atoms with Gasteiger partial charge in [0.2, 0.25) is 0 Å². The molecule has 0 radical (unpaired) electrons. The van der Waals surface area contributed by atoms with Gasteiger partial charge in [-0.2, -0.15) is 0 Å². The molecule has 4 rings (SSSR count). The van der Waals surface area contributed by atoms with E-state index in [1.165, 1.54) is 0 Å². The van der Waals surface area contributed by atoms with Crippen LogP contribution in [-0.2, 0) is 4.79 Å². The average molecular weight is 395 g/mol. The van der Waals surface area contributed by atoms with Gasteiger partial charge in [0.15, 0.2) is 0 Å². The van der Waals surface area contributed by atoms with Crippen LogP contribution in [0.1, 0.15) is 21.5 Å². The summed E-state index contributed by atoms with van der Waals surface area (Å²) in [6, 6.07) is 24.1. The van der Waals surface area contributed by atoms with Gasteiger partial charge in [-0.3, -0.25) is 9.59 Å². The third kappa shape index (κ3) is 4.31. The Morgan fingerprint density at radius 2 is 1.67 bits per heavy atom. The van der Waals surface area contributed by atoms with Gasteiger partial charge in [-0.25, -0.2) is 0 Å². The molecule has 5 heteroatoms. The van der Waals surface area contributed by atoms with Crippen molar-refractivity contribution in [3.8, 4) is 0 Å². The molecule has 148 valence electrons. The van der Waals surface area contributed by atoms with Crippen LogP contribution in [0.5, 0.6) is 0 Å². The quantitative estimate of drug-likeness (QED) is 0.421.